The van der Waals surface area contributed by atoms with Crippen molar-refractivity contribution in [1.82, 2.24) is 10.6 Å². The number of nitrogens with one attached hydrogen (secondary N) is 2. The first-order chi connectivity index (χ1) is 12.9. The average Bonchev–Trinajstić information content (AvgIpc) is 2.69. The summed E-state index contributed by atoms with van der Waals surface area (Å²) in [5.41, 5.74) is 7.04. The Balaban J connectivity index is 0.000000377. The number of phenolic OH excluding ortho intramolecular Hbond substituents is 1. The van der Waals surface area contributed by atoms with Gasteiger partial charge in [-0.05, 0) is 37.1 Å². The minimum atomic E-state index is -0.697. The van der Waals surface area contributed by atoms with Crippen LogP contribution in [-0.4, -0.2) is 29.5 Å². The van der Waals surface area contributed by atoms with E-state index in [1.165, 1.54) is 11.6 Å². The van der Waals surface area contributed by atoms with Crippen LogP contribution < -0.4 is 16.4 Å². The van der Waals surface area contributed by atoms with Gasteiger partial charge in [-0.1, -0.05) is 48.9 Å². The maximum atomic E-state index is 11.7. The number of carbonyl (C=O) groups excluding carboxylic acids is 2. The molecule has 7 heteroatoms. The van der Waals surface area contributed by atoms with Gasteiger partial charge in [0.25, 0.3) is 0 Å². The summed E-state index contributed by atoms with van der Waals surface area (Å²) >= 11 is 5.79. The van der Waals surface area contributed by atoms with Crippen molar-refractivity contribution in [3.8, 4) is 5.75 Å². The second kappa shape index (κ2) is 11.9. The minimum absolute atomic E-state index is 0.0448. The smallest absolute Gasteiger partial charge is 0.242 e. The van der Waals surface area contributed by atoms with E-state index in [1.807, 2.05) is 6.07 Å². The first-order valence-electron chi connectivity index (χ1n) is 8.65. The zero-order valence-electron chi connectivity index (χ0n) is 15.5. The highest BCUT2D eigenvalue weighted by Crippen LogP contribution is 2.21. The Morgan fingerprint density at radius 2 is 1.85 bits per heavy atom. The molecule has 0 aliphatic heterocycles. The number of nitrogens with two attached hydrogens (primary N) is 1. The van der Waals surface area contributed by atoms with Crippen LogP contribution in [0.2, 0.25) is 5.02 Å². The number of rotatable bonds is 6. The van der Waals surface area contributed by atoms with Gasteiger partial charge in [-0.15, -0.1) is 0 Å². The zero-order chi connectivity index (χ0) is 20.2. The fourth-order valence-electron chi connectivity index (χ4n) is 2.11. The largest absolute Gasteiger partial charge is 0.508 e. The van der Waals surface area contributed by atoms with Gasteiger partial charge in [0.2, 0.25) is 11.8 Å². The van der Waals surface area contributed by atoms with Crippen LogP contribution >= 0.6 is 11.6 Å². The molecule has 6 nitrogen and oxygen atoms in total. The fourth-order valence-corrected chi connectivity index (χ4v) is 2.31. The number of amides is 2. The molecule has 2 aromatic rings. The Kier molecular flexibility index (Phi) is 9.93. The van der Waals surface area contributed by atoms with Gasteiger partial charge in [-0.2, -0.15) is 0 Å². The van der Waals surface area contributed by atoms with Gasteiger partial charge >= 0.3 is 0 Å². The lowest BCUT2D eigenvalue weighted by Crippen LogP contribution is -2.46. The van der Waals surface area contributed by atoms with Crippen LogP contribution in [-0.2, 0) is 22.6 Å². The number of aromatic hydroxyl groups is 1. The first kappa shape index (κ1) is 22.5. The van der Waals surface area contributed by atoms with Gasteiger partial charge in [0.1, 0.15) is 11.8 Å². The number of aryl methyl sites for hydroxylation is 1. The molecule has 0 saturated carbocycles. The van der Waals surface area contributed by atoms with Crippen molar-refractivity contribution < 1.29 is 14.7 Å². The van der Waals surface area contributed by atoms with Crippen molar-refractivity contribution in [2.75, 3.05) is 6.54 Å². The standard InChI is InChI=1S/C12H16ClN3O3.C8H10/c1-7(16-11(18)5-14)12(19)15-6-8-4-9(13)2-3-10(8)17;1-2-8-6-4-3-5-7-8/h2-4,7,17H,5-6,14H2,1H3,(H,15,19)(H,16,18);3-7H,2H2,1H3. The second-order valence-corrected chi connectivity index (χ2v) is 6.26. The molecular formula is C20H26ClN3O3. The summed E-state index contributed by atoms with van der Waals surface area (Å²) in [7, 11) is 0. The molecule has 5 N–H and O–H groups in total. The quantitative estimate of drug-likeness (QED) is 0.606. The SMILES string of the molecule is CC(NC(=O)CN)C(=O)NCc1cc(Cl)ccc1O.CCc1ccccc1. The summed E-state index contributed by atoms with van der Waals surface area (Å²) in [5.74, 6) is -0.738. The predicted molar refractivity (Wildman–Crippen MR) is 107 cm³/mol. The molecule has 0 fully saturated rings. The molecule has 1 atom stereocenters. The lowest BCUT2D eigenvalue weighted by atomic mass is 10.2. The number of hydrogen-bond donors (Lipinski definition) is 4. The summed E-state index contributed by atoms with van der Waals surface area (Å²) in [6, 6.07) is 14.3. The van der Waals surface area contributed by atoms with Crippen molar-refractivity contribution in [2.24, 2.45) is 5.73 Å². The van der Waals surface area contributed by atoms with Crippen molar-refractivity contribution in [2.45, 2.75) is 32.9 Å². The van der Waals surface area contributed by atoms with E-state index in [4.69, 9.17) is 17.3 Å². The Morgan fingerprint density at radius 1 is 1.19 bits per heavy atom. The molecule has 0 aliphatic carbocycles. The third kappa shape index (κ3) is 8.57. The lowest BCUT2D eigenvalue weighted by molar-refractivity contribution is -0.128. The van der Waals surface area contributed by atoms with E-state index in [1.54, 1.807) is 19.1 Å². The molecular weight excluding hydrogens is 366 g/mol. The van der Waals surface area contributed by atoms with E-state index in [0.717, 1.165) is 6.42 Å². The van der Waals surface area contributed by atoms with Gasteiger partial charge in [0.05, 0.1) is 6.54 Å². The molecule has 27 heavy (non-hydrogen) atoms. The Hall–Kier alpha value is -2.57. The highest BCUT2D eigenvalue weighted by Gasteiger charge is 2.14. The number of benzene rings is 2. The summed E-state index contributed by atoms with van der Waals surface area (Å²) < 4.78 is 0. The summed E-state index contributed by atoms with van der Waals surface area (Å²) in [5, 5.41) is 15.0. The van der Waals surface area contributed by atoms with E-state index >= 15 is 0 Å². The topological polar surface area (TPSA) is 104 Å². The second-order valence-electron chi connectivity index (χ2n) is 5.82. The number of carbonyl (C=O) groups is 2. The Morgan fingerprint density at radius 3 is 2.41 bits per heavy atom. The highest BCUT2D eigenvalue weighted by atomic mass is 35.5. The summed E-state index contributed by atoms with van der Waals surface area (Å²) in [6.07, 6.45) is 1.14. The van der Waals surface area contributed by atoms with Crippen LogP contribution in [0.5, 0.6) is 5.75 Å². The fraction of sp³-hybridized carbons (Fsp3) is 0.300. The summed E-state index contributed by atoms with van der Waals surface area (Å²) in [4.78, 5) is 22.7. The monoisotopic (exact) mass is 391 g/mol. The van der Waals surface area contributed by atoms with Crippen molar-refractivity contribution in [1.29, 1.82) is 0 Å². The van der Waals surface area contributed by atoms with Crippen LogP contribution in [0.3, 0.4) is 0 Å². The first-order valence-corrected chi connectivity index (χ1v) is 9.03. The normalized spacial score (nSPS) is 11.0. The van der Waals surface area contributed by atoms with Gasteiger partial charge < -0.3 is 21.5 Å². The highest BCUT2D eigenvalue weighted by molar-refractivity contribution is 6.30. The van der Waals surface area contributed by atoms with Gasteiger partial charge in [0, 0.05) is 17.1 Å². The number of halogens is 1. The third-order valence-corrected chi connectivity index (χ3v) is 3.94. The van der Waals surface area contributed by atoms with Gasteiger partial charge in [0.15, 0.2) is 0 Å². The van der Waals surface area contributed by atoms with E-state index < -0.39 is 11.9 Å². The molecule has 0 saturated heterocycles. The van der Waals surface area contributed by atoms with Crippen LogP contribution in [0, 0.1) is 0 Å². The minimum Gasteiger partial charge on any atom is -0.508 e. The molecule has 0 heterocycles. The molecule has 2 amide bonds. The molecule has 146 valence electrons. The number of phenols is 1. The average molecular weight is 392 g/mol. The maximum Gasteiger partial charge on any atom is 0.242 e. The van der Waals surface area contributed by atoms with E-state index in [-0.39, 0.29) is 24.7 Å². The van der Waals surface area contributed by atoms with Crippen LogP contribution in [0.15, 0.2) is 48.5 Å². The van der Waals surface area contributed by atoms with Gasteiger partial charge in [-0.25, -0.2) is 0 Å². The Bertz CT molecular complexity index is 739. The zero-order valence-corrected chi connectivity index (χ0v) is 16.3. The molecule has 2 aromatic carbocycles. The molecule has 0 aliphatic rings. The maximum absolute atomic E-state index is 11.7. The Labute approximate surface area is 164 Å². The number of hydrogen-bond acceptors (Lipinski definition) is 4. The van der Waals surface area contributed by atoms with E-state index in [0.29, 0.717) is 10.6 Å². The van der Waals surface area contributed by atoms with Crippen molar-refractivity contribution >= 4 is 23.4 Å². The lowest BCUT2D eigenvalue weighted by Gasteiger charge is -2.14. The van der Waals surface area contributed by atoms with E-state index in [2.05, 4.69) is 41.8 Å². The van der Waals surface area contributed by atoms with E-state index in [9.17, 15) is 14.7 Å². The molecule has 1 unspecified atom stereocenters. The molecule has 2 rings (SSSR count). The van der Waals surface area contributed by atoms with Crippen molar-refractivity contribution in [3.63, 3.8) is 0 Å². The molecule has 0 aromatic heterocycles. The van der Waals surface area contributed by atoms with Crippen LogP contribution in [0.1, 0.15) is 25.0 Å². The van der Waals surface area contributed by atoms with Crippen LogP contribution in [0.4, 0.5) is 0 Å². The van der Waals surface area contributed by atoms with Crippen molar-refractivity contribution in [3.05, 3.63) is 64.7 Å². The molecule has 0 radical (unpaired) electrons. The summed E-state index contributed by atoms with van der Waals surface area (Å²) in [6.45, 7) is 3.65. The molecule has 0 spiro atoms. The third-order valence-electron chi connectivity index (χ3n) is 3.70. The van der Waals surface area contributed by atoms with Crippen LogP contribution in [0.25, 0.3) is 0 Å². The van der Waals surface area contributed by atoms with Gasteiger partial charge in [-0.3, -0.25) is 9.59 Å². The predicted octanol–water partition coefficient (Wildman–Crippen LogP) is 2.37. The molecule has 0 bridgehead atoms.